The molecule has 0 aliphatic carbocycles. The van der Waals surface area contributed by atoms with Crippen LogP contribution in [0.4, 0.5) is 0 Å². The van der Waals surface area contributed by atoms with Crippen LogP contribution in [-0.4, -0.2) is 20.0 Å². The number of benzene rings is 3. The van der Waals surface area contributed by atoms with Gasteiger partial charge in [-0.3, -0.25) is 4.79 Å². The zero-order valence-electron chi connectivity index (χ0n) is 20.6. The number of hydrogen-bond donors (Lipinski definition) is 0. The van der Waals surface area contributed by atoms with Crippen LogP contribution in [0.3, 0.4) is 0 Å². The molecule has 0 unspecified atom stereocenters. The number of aryl methyl sites for hydroxylation is 1. The van der Waals surface area contributed by atoms with Gasteiger partial charge >= 0.3 is 5.63 Å². The number of methoxy groups -OCH3 is 2. The summed E-state index contributed by atoms with van der Waals surface area (Å²) in [6.07, 6.45) is -0.0624. The number of rotatable bonds is 7. The SMILES string of the molecule is COc1cccc(-c2cc(C(=O)Cc3cc4cc(C)c(C(C)C)[c-]c4oc3=O)ccc2OC)c1.[Y]. The van der Waals surface area contributed by atoms with E-state index in [4.69, 9.17) is 13.9 Å². The maximum atomic E-state index is 13.2. The first-order valence-corrected chi connectivity index (χ1v) is 11.2. The van der Waals surface area contributed by atoms with E-state index in [0.29, 0.717) is 28.2 Å². The van der Waals surface area contributed by atoms with Crippen molar-refractivity contribution >= 4 is 16.8 Å². The number of carbonyl (C=O) groups excluding carboxylic acids is 1. The summed E-state index contributed by atoms with van der Waals surface area (Å²) in [7, 11) is 3.19. The van der Waals surface area contributed by atoms with Gasteiger partial charge in [0.15, 0.2) is 5.78 Å². The van der Waals surface area contributed by atoms with Crippen LogP contribution in [-0.2, 0) is 39.1 Å². The van der Waals surface area contributed by atoms with Gasteiger partial charge in [0.05, 0.1) is 14.2 Å². The molecular formula is C29H27O5Y-. The molecule has 0 saturated carbocycles. The smallest absolute Gasteiger partial charge is 0.336 e. The van der Waals surface area contributed by atoms with Crippen molar-refractivity contribution in [1.29, 1.82) is 0 Å². The second-order valence-electron chi connectivity index (χ2n) is 8.61. The molecular weight excluding hydrogens is 517 g/mol. The van der Waals surface area contributed by atoms with Crippen molar-refractivity contribution in [2.45, 2.75) is 33.1 Å². The van der Waals surface area contributed by atoms with Crippen molar-refractivity contribution in [2.24, 2.45) is 0 Å². The van der Waals surface area contributed by atoms with E-state index >= 15 is 0 Å². The molecule has 0 aliphatic rings. The van der Waals surface area contributed by atoms with Crippen LogP contribution in [0, 0.1) is 13.0 Å². The topological polar surface area (TPSA) is 65.7 Å². The zero-order chi connectivity index (χ0) is 24.4. The zero-order valence-corrected chi connectivity index (χ0v) is 23.4. The molecule has 5 nitrogen and oxygen atoms in total. The minimum Gasteiger partial charge on any atom is -0.497 e. The second kappa shape index (κ2) is 11.3. The second-order valence-corrected chi connectivity index (χ2v) is 8.61. The molecule has 0 aliphatic heterocycles. The van der Waals surface area contributed by atoms with Crippen molar-refractivity contribution in [2.75, 3.05) is 14.2 Å². The van der Waals surface area contributed by atoms with Crippen molar-refractivity contribution < 1.29 is 51.4 Å². The Labute approximate surface area is 230 Å². The predicted molar refractivity (Wildman–Crippen MR) is 133 cm³/mol. The Morgan fingerprint density at radius 2 is 1.80 bits per heavy atom. The van der Waals surface area contributed by atoms with Gasteiger partial charge in [0, 0.05) is 61.4 Å². The van der Waals surface area contributed by atoms with Crippen molar-refractivity contribution in [1.82, 2.24) is 0 Å². The fourth-order valence-electron chi connectivity index (χ4n) is 4.16. The van der Waals surface area contributed by atoms with Crippen LogP contribution in [0.25, 0.3) is 22.1 Å². The molecule has 1 radical (unpaired) electrons. The normalized spacial score (nSPS) is 10.8. The van der Waals surface area contributed by atoms with Crippen molar-refractivity contribution in [3.63, 3.8) is 0 Å². The Morgan fingerprint density at radius 1 is 1.03 bits per heavy atom. The third-order valence-corrected chi connectivity index (χ3v) is 5.92. The largest absolute Gasteiger partial charge is 0.497 e. The van der Waals surface area contributed by atoms with Gasteiger partial charge in [-0.05, 0) is 41.8 Å². The Kier molecular flexibility index (Phi) is 8.68. The summed E-state index contributed by atoms with van der Waals surface area (Å²) in [4.78, 5) is 25.8. The van der Waals surface area contributed by atoms with E-state index in [1.807, 2.05) is 37.3 Å². The van der Waals surface area contributed by atoms with Gasteiger partial charge in [-0.15, -0.1) is 6.07 Å². The Balaban J connectivity index is 0.00000342. The summed E-state index contributed by atoms with van der Waals surface area (Å²) >= 11 is 0. The Morgan fingerprint density at radius 3 is 2.49 bits per heavy atom. The van der Waals surface area contributed by atoms with Crippen LogP contribution < -0.4 is 15.1 Å². The third kappa shape index (κ3) is 5.74. The van der Waals surface area contributed by atoms with Crippen LogP contribution >= 0.6 is 0 Å². The summed E-state index contributed by atoms with van der Waals surface area (Å²) < 4.78 is 16.4. The Bertz CT molecular complexity index is 1440. The summed E-state index contributed by atoms with van der Waals surface area (Å²) in [5, 5.41) is 0.760. The maximum absolute atomic E-state index is 13.2. The molecule has 3 aromatic carbocycles. The third-order valence-electron chi connectivity index (χ3n) is 5.92. The molecule has 6 heteroatoms. The molecule has 4 rings (SSSR count). The first kappa shape index (κ1) is 26.8. The molecule has 0 N–H and O–H groups in total. The first-order valence-electron chi connectivity index (χ1n) is 11.2. The monoisotopic (exact) mass is 544 g/mol. The van der Waals surface area contributed by atoms with Gasteiger partial charge in [-0.2, -0.15) is 17.2 Å². The van der Waals surface area contributed by atoms with Gasteiger partial charge in [-0.1, -0.05) is 44.4 Å². The van der Waals surface area contributed by atoms with E-state index in [9.17, 15) is 9.59 Å². The maximum Gasteiger partial charge on any atom is 0.336 e. The number of carbonyl (C=O) groups is 1. The molecule has 1 heterocycles. The molecule has 0 amide bonds. The van der Waals surface area contributed by atoms with Gasteiger partial charge < -0.3 is 13.9 Å². The Hall–Kier alpha value is -2.76. The number of fused-ring (bicyclic) bond motifs is 1. The minimum absolute atomic E-state index is 0. The van der Waals surface area contributed by atoms with Crippen LogP contribution in [0.15, 0.2) is 63.8 Å². The molecule has 177 valence electrons. The standard InChI is InChI=1S/C29H27O5.Y/c1-17(2)24-16-28-21(11-18(24)3)12-22(29(31)34-28)15-26(30)20-9-10-27(33-5)25(14-20)19-7-6-8-23(13-19)32-4;/h6-14,17H,15H2,1-5H3;/q-1;. The average Bonchev–Trinajstić information content (AvgIpc) is 2.83. The molecule has 35 heavy (non-hydrogen) atoms. The predicted octanol–water partition coefficient (Wildman–Crippen LogP) is 6.13. The minimum atomic E-state index is -0.516. The average molecular weight is 544 g/mol. The number of hydrogen-bond acceptors (Lipinski definition) is 5. The molecule has 0 spiro atoms. The van der Waals surface area contributed by atoms with Gasteiger partial charge in [0.25, 0.3) is 0 Å². The van der Waals surface area contributed by atoms with Gasteiger partial charge in [0.2, 0.25) is 0 Å². The summed E-state index contributed by atoms with van der Waals surface area (Å²) in [6.45, 7) is 6.16. The molecule has 0 bridgehead atoms. The number of ketones is 1. The first-order chi connectivity index (χ1) is 16.3. The number of Topliss-reactive ketones (excluding diaryl/α,β-unsaturated/α-hetero) is 1. The molecule has 1 aromatic heterocycles. The summed E-state index contributed by atoms with van der Waals surface area (Å²) in [5.74, 6) is 1.43. The van der Waals surface area contributed by atoms with E-state index in [1.165, 1.54) is 0 Å². The quantitative estimate of drug-likeness (QED) is 0.159. The summed E-state index contributed by atoms with van der Waals surface area (Å²) in [6, 6.07) is 19.7. The van der Waals surface area contributed by atoms with Gasteiger partial charge in [-0.25, -0.2) is 4.79 Å². The van der Waals surface area contributed by atoms with Crippen LogP contribution in [0.1, 0.15) is 46.8 Å². The van der Waals surface area contributed by atoms with E-state index in [0.717, 1.165) is 27.6 Å². The van der Waals surface area contributed by atoms with Crippen LogP contribution in [0.2, 0.25) is 0 Å². The van der Waals surface area contributed by atoms with E-state index < -0.39 is 5.63 Å². The molecule has 0 saturated heterocycles. The molecule has 0 atom stereocenters. The van der Waals surface area contributed by atoms with Gasteiger partial charge in [0.1, 0.15) is 11.5 Å². The van der Waals surface area contributed by atoms with Crippen molar-refractivity contribution in [3.8, 4) is 22.6 Å². The fraction of sp³-hybridized carbons (Fsp3) is 0.241. The molecule has 4 aromatic rings. The van der Waals surface area contributed by atoms with E-state index in [-0.39, 0.29) is 50.8 Å². The summed E-state index contributed by atoms with van der Waals surface area (Å²) in [5.41, 5.74) is 4.43. The van der Waals surface area contributed by atoms with E-state index in [2.05, 4.69) is 19.9 Å². The fourth-order valence-corrected chi connectivity index (χ4v) is 4.16. The molecule has 0 fully saturated rings. The van der Waals surface area contributed by atoms with Crippen molar-refractivity contribution in [3.05, 3.63) is 93.3 Å². The van der Waals surface area contributed by atoms with E-state index in [1.54, 1.807) is 38.5 Å². The number of ether oxygens (including phenoxy) is 2. The van der Waals surface area contributed by atoms with Crippen LogP contribution in [0.5, 0.6) is 11.5 Å².